The SMILES string of the molecule is CC(=O)N1CCc2cc(N(C)C)ccc21. The topological polar surface area (TPSA) is 23.6 Å². The lowest BCUT2D eigenvalue weighted by molar-refractivity contribution is -0.116. The molecule has 1 aromatic rings. The second-order valence-corrected chi connectivity index (χ2v) is 4.13. The Morgan fingerprint density at radius 1 is 1.40 bits per heavy atom. The summed E-state index contributed by atoms with van der Waals surface area (Å²) >= 11 is 0. The molecule has 2 rings (SSSR count). The van der Waals surface area contributed by atoms with Crippen LogP contribution in [-0.2, 0) is 11.2 Å². The van der Waals surface area contributed by atoms with Crippen LogP contribution in [-0.4, -0.2) is 26.5 Å². The van der Waals surface area contributed by atoms with Gasteiger partial charge in [-0.3, -0.25) is 4.79 Å². The van der Waals surface area contributed by atoms with Crippen molar-refractivity contribution in [3.8, 4) is 0 Å². The average Bonchev–Trinajstić information content (AvgIpc) is 2.59. The van der Waals surface area contributed by atoms with Gasteiger partial charge < -0.3 is 9.80 Å². The second-order valence-electron chi connectivity index (χ2n) is 4.13. The van der Waals surface area contributed by atoms with Crippen LogP contribution >= 0.6 is 0 Å². The van der Waals surface area contributed by atoms with E-state index in [2.05, 4.69) is 17.0 Å². The molecule has 0 spiro atoms. The number of benzene rings is 1. The van der Waals surface area contributed by atoms with E-state index in [1.165, 1.54) is 11.3 Å². The predicted octanol–water partition coefficient (Wildman–Crippen LogP) is 1.66. The van der Waals surface area contributed by atoms with Crippen molar-refractivity contribution in [3.63, 3.8) is 0 Å². The van der Waals surface area contributed by atoms with Gasteiger partial charge in [0.25, 0.3) is 0 Å². The van der Waals surface area contributed by atoms with Crippen molar-refractivity contribution < 1.29 is 4.79 Å². The third kappa shape index (κ3) is 1.69. The standard InChI is InChI=1S/C12H16N2O/c1-9(15)14-7-6-10-8-11(13(2)3)4-5-12(10)14/h4-5,8H,6-7H2,1-3H3. The van der Waals surface area contributed by atoms with Gasteiger partial charge in [0, 0.05) is 38.9 Å². The first-order valence-corrected chi connectivity index (χ1v) is 5.18. The molecule has 0 aliphatic carbocycles. The van der Waals surface area contributed by atoms with Gasteiger partial charge in [-0.2, -0.15) is 0 Å². The Hall–Kier alpha value is -1.51. The molecule has 80 valence electrons. The van der Waals surface area contributed by atoms with E-state index in [1.54, 1.807) is 6.92 Å². The highest BCUT2D eigenvalue weighted by Crippen LogP contribution is 2.31. The van der Waals surface area contributed by atoms with Crippen molar-refractivity contribution in [2.45, 2.75) is 13.3 Å². The van der Waals surface area contributed by atoms with Crippen LogP contribution in [0.25, 0.3) is 0 Å². The van der Waals surface area contributed by atoms with E-state index in [1.807, 2.05) is 25.1 Å². The Balaban J connectivity index is 2.37. The summed E-state index contributed by atoms with van der Waals surface area (Å²) in [5.41, 5.74) is 3.55. The number of amides is 1. The lowest BCUT2D eigenvalue weighted by Gasteiger charge is -2.17. The second kappa shape index (κ2) is 3.57. The lowest BCUT2D eigenvalue weighted by Crippen LogP contribution is -2.25. The molecule has 0 atom stereocenters. The van der Waals surface area contributed by atoms with Crippen LogP contribution in [0.3, 0.4) is 0 Å². The summed E-state index contributed by atoms with van der Waals surface area (Å²) < 4.78 is 0. The minimum Gasteiger partial charge on any atom is -0.378 e. The maximum absolute atomic E-state index is 11.3. The Morgan fingerprint density at radius 3 is 2.73 bits per heavy atom. The van der Waals surface area contributed by atoms with Crippen molar-refractivity contribution in [1.82, 2.24) is 0 Å². The maximum Gasteiger partial charge on any atom is 0.223 e. The van der Waals surface area contributed by atoms with E-state index in [-0.39, 0.29) is 5.91 Å². The van der Waals surface area contributed by atoms with Gasteiger partial charge in [0.2, 0.25) is 5.91 Å². The summed E-state index contributed by atoms with van der Waals surface area (Å²) in [7, 11) is 4.05. The predicted molar refractivity (Wildman–Crippen MR) is 62.5 cm³/mol. The zero-order chi connectivity index (χ0) is 11.0. The highest BCUT2D eigenvalue weighted by molar-refractivity contribution is 5.94. The van der Waals surface area contributed by atoms with E-state index in [9.17, 15) is 4.79 Å². The molecule has 1 aliphatic heterocycles. The van der Waals surface area contributed by atoms with Crippen molar-refractivity contribution in [1.29, 1.82) is 0 Å². The molecule has 0 fully saturated rings. The minimum absolute atomic E-state index is 0.131. The van der Waals surface area contributed by atoms with Crippen LogP contribution in [0.1, 0.15) is 12.5 Å². The number of carbonyl (C=O) groups excluding carboxylic acids is 1. The fourth-order valence-corrected chi connectivity index (χ4v) is 1.99. The van der Waals surface area contributed by atoms with Crippen molar-refractivity contribution in [2.75, 3.05) is 30.4 Å². The number of rotatable bonds is 1. The molecule has 0 saturated carbocycles. The Morgan fingerprint density at radius 2 is 2.13 bits per heavy atom. The first-order chi connectivity index (χ1) is 7.09. The molecule has 0 bridgehead atoms. The van der Waals surface area contributed by atoms with Crippen LogP contribution < -0.4 is 9.80 Å². The van der Waals surface area contributed by atoms with E-state index >= 15 is 0 Å². The fraction of sp³-hybridized carbons (Fsp3) is 0.417. The normalized spacial score (nSPS) is 13.9. The van der Waals surface area contributed by atoms with Crippen LogP contribution in [0.4, 0.5) is 11.4 Å². The lowest BCUT2D eigenvalue weighted by atomic mass is 10.1. The molecule has 0 saturated heterocycles. The summed E-state index contributed by atoms with van der Waals surface area (Å²) in [6.07, 6.45) is 0.969. The molecule has 0 N–H and O–H groups in total. The first-order valence-electron chi connectivity index (χ1n) is 5.18. The van der Waals surface area contributed by atoms with E-state index < -0.39 is 0 Å². The number of hydrogen-bond acceptors (Lipinski definition) is 2. The molecule has 1 aliphatic rings. The molecule has 3 heteroatoms. The molecule has 1 aromatic carbocycles. The van der Waals surface area contributed by atoms with Crippen LogP contribution in [0, 0.1) is 0 Å². The van der Waals surface area contributed by atoms with Crippen LogP contribution in [0.2, 0.25) is 0 Å². The molecular weight excluding hydrogens is 188 g/mol. The third-order valence-electron chi connectivity index (χ3n) is 2.86. The quantitative estimate of drug-likeness (QED) is 0.694. The van der Waals surface area contributed by atoms with Crippen molar-refractivity contribution in [3.05, 3.63) is 23.8 Å². The van der Waals surface area contributed by atoms with Crippen LogP contribution in [0.15, 0.2) is 18.2 Å². The van der Waals surface area contributed by atoms with Gasteiger partial charge in [0.15, 0.2) is 0 Å². The molecule has 0 unspecified atom stereocenters. The first kappa shape index (κ1) is 10.0. The molecule has 15 heavy (non-hydrogen) atoms. The van der Waals surface area contributed by atoms with Gasteiger partial charge in [-0.05, 0) is 30.2 Å². The summed E-state index contributed by atoms with van der Waals surface area (Å²) in [6.45, 7) is 2.44. The zero-order valence-corrected chi connectivity index (χ0v) is 9.45. The molecule has 1 amide bonds. The van der Waals surface area contributed by atoms with Gasteiger partial charge in [-0.1, -0.05) is 0 Å². The molecule has 1 heterocycles. The molecule has 0 radical (unpaired) electrons. The number of fused-ring (bicyclic) bond motifs is 1. The highest BCUT2D eigenvalue weighted by Gasteiger charge is 2.22. The Labute approximate surface area is 90.3 Å². The Bertz CT molecular complexity index is 399. The van der Waals surface area contributed by atoms with E-state index in [0.717, 1.165) is 18.7 Å². The van der Waals surface area contributed by atoms with Crippen molar-refractivity contribution in [2.24, 2.45) is 0 Å². The van der Waals surface area contributed by atoms with Gasteiger partial charge >= 0.3 is 0 Å². The van der Waals surface area contributed by atoms with E-state index in [0.29, 0.717) is 0 Å². The number of nitrogens with zero attached hydrogens (tertiary/aromatic N) is 2. The average molecular weight is 204 g/mol. The van der Waals surface area contributed by atoms with E-state index in [4.69, 9.17) is 0 Å². The number of hydrogen-bond donors (Lipinski definition) is 0. The van der Waals surface area contributed by atoms with Crippen LogP contribution in [0.5, 0.6) is 0 Å². The summed E-state index contributed by atoms with van der Waals surface area (Å²) in [5, 5.41) is 0. The minimum atomic E-state index is 0.131. The van der Waals surface area contributed by atoms with Gasteiger partial charge in [-0.15, -0.1) is 0 Å². The highest BCUT2D eigenvalue weighted by atomic mass is 16.2. The summed E-state index contributed by atoms with van der Waals surface area (Å²) in [5.74, 6) is 0.131. The smallest absolute Gasteiger partial charge is 0.223 e. The summed E-state index contributed by atoms with van der Waals surface area (Å²) in [6, 6.07) is 6.26. The maximum atomic E-state index is 11.3. The fourth-order valence-electron chi connectivity index (χ4n) is 1.99. The third-order valence-corrected chi connectivity index (χ3v) is 2.86. The molecule has 3 nitrogen and oxygen atoms in total. The monoisotopic (exact) mass is 204 g/mol. The largest absolute Gasteiger partial charge is 0.378 e. The van der Waals surface area contributed by atoms with Gasteiger partial charge in [-0.25, -0.2) is 0 Å². The van der Waals surface area contributed by atoms with Crippen molar-refractivity contribution >= 4 is 17.3 Å². The number of carbonyl (C=O) groups is 1. The zero-order valence-electron chi connectivity index (χ0n) is 9.45. The molecular formula is C12H16N2O. The molecule has 0 aromatic heterocycles. The van der Waals surface area contributed by atoms with Gasteiger partial charge in [0.05, 0.1) is 0 Å². The Kier molecular flexibility index (Phi) is 2.39. The van der Waals surface area contributed by atoms with Gasteiger partial charge in [0.1, 0.15) is 0 Å². The summed E-state index contributed by atoms with van der Waals surface area (Å²) in [4.78, 5) is 15.3. The number of anilines is 2.